The topological polar surface area (TPSA) is 38.0 Å². The van der Waals surface area contributed by atoms with Gasteiger partial charge in [-0.2, -0.15) is 5.10 Å². The Kier molecular flexibility index (Phi) is 4.14. The van der Waals surface area contributed by atoms with Crippen LogP contribution in [0.1, 0.15) is 45.3 Å². The van der Waals surface area contributed by atoms with E-state index in [-0.39, 0.29) is 0 Å². The molecule has 0 radical (unpaired) electrons. The van der Waals surface area contributed by atoms with Crippen LogP contribution < -0.4 is 0 Å². The molecule has 0 saturated heterocycles. The van der Waals surface area contributed by atoms with E-state index in [9.17, 15) is 5.11 Å². The van der Waals surface area contributed by atoms with Crippen molar-refractivity contribution in [2.75, 3.05) is 0 Å². The summed E-state index contributed by atoms with van der Waals surface area (Å²) in [6.07, 6.45) is 5.63. The minimum atomic E-state index is -0.408. The maximum atomic E-state index is 9.30. The second-order valence-electron chi connectivity index (χ2n) is 4.25. The van der Waals surface area contributed by atoms with Crippen LogP contribution in [0.3, 0.4) is 0 Å². The molecule has 3 nitrogen and oxygen atoms in total. The van der Waals surface area contributed by atoms with E-state index in [4.69, 9.17) is 0 Å². The lowest BCUT2D eigenvalue weighted by atomic mass is 10.1. The zero-order chi connectivity index (χ0) is 10.6. The number of aryl methyl sites for hydroxylation is 1. The van der Waals surface area contributed by atoms with Gasteiger partial charge in [0.15, 0.2) is 0 Å². The molecule has 0 fully saturated rings. The summed E-state index contributed by atoms with van der Waals surface area (Å²) >= 11 is 0. The summed E-state index contributed by atoms with van der Waals surface area (Å²) in [5, 5.41) is 13.5. The van der Waals surface area contributed by atoms with Crippen LogP contribution in [-0.2, 0) is 6.54 Å². The first-order valence-electron chi connectivity index (χ1n) is 5.30. The molecule has 1 unspecified atom stereocenters. The molecule has 0 saturated carbocycles. The summed E-state index contributed by atoms with van der Waals surface area (Å²) in [6.45, 7) is 7.16. The van der Waals surface area contributed by atoms with Gasteiger partial charge < -0.3 is 5.11 Å². The summed E-state index contributed by atoms with van der Waals surface area (Å²) in [5.41, 5.74) is 0.898. The first-order valence-corrected chi connectivity index (χ1v) is 5.30. The van der Waals surface area contributed by atoms with Crippen molar-refractivity contribution in [3.05, 3.63) is 18.0 Å². The van der Waals surface area contributed by atoms with Gasteiger partial charge in [0.25, 0.3) is 0 Å². The normalized spacial score (nSPS) is 13.5. The molecule has 1 N–H and O–H groups in total. The molecule has 0 aliphatic heterocycles. The number of rotatable bonds is 5. The maximum Gasteiger partial charge on any atom is 0.0792 e. The molecule has 0 spiro atoms. The molecule has 1 rings (SSSR count). The minimum Gasteiger partial charge on any atom is -0.389 e. The van der Waals surface area contributed by atoms with Crippen LogP contribution in [-0.4, -0.2) is 14.9 Å². The van der Waals surface area contributed by atoms with Gasteiger partial charge in [-0.25, -0.2) is 0 Å². The Bertz CT molecular complexity index is 266. The molecular weight excluding hydrogens is 176 g/mol. The molecule has 0 amide bonds. The van der Waals surface area contributed by atoms with Crippen LogP contribution in [0.25, 0.3) is 0 Å². The number of aromatic nitrogens is 2. The van der Waals surface area contributed by atoms with E-state index in [2.05, 4.69) is 18.9 Å². The SMILES string of the molecule is CC(C)CCCn1cc(C(C)O)cn1. The Morgan fingerprint density at radius 3 is 2.64 bits per heavy atom. The Labute approximate surface area is 85.8 Å². The number of aliphatic hydroxyl groups excluding tert-OH is 1. The number of hydrogen-bond acceptors (Lipinski definition) is 2. The molecule has 14 heavy (non-hydrogen) atoms. The lowest BCUT2D eigenvalue weighted by molar-refractivity contribution is 0.199. The van der Waals surface area contributed by atoms with E-state index in [1.54, 1.807) is 13.1 Å². The summed E-state index contributed by atoms with van der Waals surface area (Å²) < 4.78 is 1.91. The molecule has 1 aromatic heterocycles. The van der Waals surface area contributed by atoms with E-state index in [1.807, 2.05) is 10.9 Å². The van der Waals surface area contributed by atoms with Gasteiger partial charge in [0.1, 0.15) is 0 Å². The van der Waals surface area contributed by atoms with Crippen molar-refractivity contribution >= 4 is 0 Å². The van der Waals surface area contributed by atoms with Gasteiger partial charge in [-0.15, -0.1) is 0 Å². The van der Waals surface area contributed by atoms with E-state index in [0.717, 1.165) is 24.4 Å². The van der Waals surface area contributed by atoms with Crippen LogP contribution in [0.2, 0.25) is 0 Å². The van der Waals surface area contributed by atoms with Crippen LogP contribution in [0.5, 0.6) is 0 Å². The quantitative estimate of drug-likeness (QED) is 0.785. The van der Waals surface area contributed by atoms with E-state index in [1.165, 1.54) is 6.42 Å². The Hall–Kier alpha value is -0.830. The second kappa shape index (κ2) is 5.15. The van der Waals surface area contributed by atoms with Crippen molar-refractivity contribution in [2.24, 2.45) is 5.92 Å². The zero-order valence-corrected chi connectivity index (χ0v) is 9.27. The second-order valence-corrected chi connectivity index (χ2v) is 4.25. The summed E-state index contributed by atoms with van der Waals surface area (Å²) in [7, 11) is 0. The van der Waals surface area contributed by atoms with Gasteiger partial charge in [-0.05, 0) is 25.7 Å². The van der Waals surface area contributed by atoms with Crippen molar-refractivity contribution in [1.82, 2.24) is 9.78 Å². The Balaban J connectivity index is 2.36. The molecule has 0 aliphatic carbocycles. The highest BCUT2D eigenvalue weighted by Gasteiger charge is 2.03. The number of nitrogens with zero attached hydrogens (tertiary/aromatic N) is 2. The fourth-order valence-electron chi connectivity index (χ4n) is 1.38. The molecule has 3 heteroatoms. The molecule has 1 heterocycles. The molecular formula is C11H20N2O. The highest BCUT2D eigenvalue weighted by atomic mass is 16.3. The molecule has 0 aliphatic rings. The van der Waals surface area contributed by atoms with Crippen molar-refractivity contribution in [3.63, 3.8) is 0 Å². The van der Waals surface area contributed by atoms with Crippen molar-refractivity contribution in [3.8, 4) is 0 Å². The number of hydrogen-bond donors (Lipinski definition) is 1. The maximum absolute atomic E-state index is 9.30. The number of aliphatic hydroxyl groups is 1. The average molecular weight is 196 g/mol. The highest BCUT2D eigenvalue weighted by Crippen LogP contribution is 2.11. The molecule has 0 aromatic carbocycles. The molecule has 0 bridgehead atoms. The third-order valence-corrected chi connectivity index (χ3v) is 2.30. The van der Waals surface area contributed by atoms with Crippen LogP contribution in [0, 0.1) is 5.92 Å². The fourth-order valence-corrected chi connectivity index (χ4v) is 1.38. The molecule has 1 aromatic rings. The predicted molar refractivity (Wildman–Crippen MR) is 56.9 cm³/mol. The monoisotopic (exact) mass is 196 g/mol. The van der Waals surface area contributed by atoms with Crippen LogP contribution in [0.4, 0.5) is 0 Å². The minimum absolute atomic E-state index is 0.408. The van der Waals surface area contributed by atoms with E-state index >= 15 is 0 Å². The summed E-state index contributed by atoms with van der Waals surface area (Å²) in [4.78, 5) is 0. The average Bonchev–Trinajstić information content (AvgIpc) is 2.52. The van der Waals surface area contributed by atoms with Gasteiger partial charge in [-0.3, -0.25) is 4.68 Å². The Morgan fingerprint density at radius 2 is 2.14 bits per heavy atom. The highest BCUT2D eigenvalue weighted by molar-refractivity contribution is 5.06. The third kappa shape index (κ3) is 3.50. The van der Waals surface area contributed by atoms with Gasteiger partial charge in [-0.1, -0.05) is 13.8 Å². The summed E-state index contributed by atoms with van der Waals surface area (Å²) in [6, 6.07) is 0. The largest absolute Gasteiger partial charge is 0.389 e. The smallest absolute Gasteiger partial charge is 0.0792 e. The van der Waals surface area contributed by atoms with Crippen LogP contribution in [0.15, 0.2) is 12.4 Å². The standard InChI is InChI=1S/C11H20N2O/c1-9(2)5-4-6-13-8-11(7-12-13)10(3)14/h7-10,14H,4-6H2,1-3H3. The van der Waals surface area contributed by atoms with Crippen molar-refractivity contribution in [1.29, 1.82) is 0 Å². The molecule has 80 valence electrons. The zero-order valence-electron chi connectivity index (χ0n) is 9.27. The lowest BCUT2D eigenvalue weighted by Crippen LogP contribution is -2.00. The van der Waals surface area contributed by atoms with Crippen LogP contribution >= 0.6 is 0 Å². The van der Waals surface area contributed by atoms with Gasteiger partial charge >= 0.3 is 0 Å². The first kappa shape index (κ1) is 11.2. The summed E-state index contributed by atoms with van der Waals surface area (Å²) in [5.74, 6) is 0.752. The van der Waals surface area contributed by atoms with Crippen molar-refractivity contribution < 1.29 is 5.11 Å². The van der Waals surface area contributed by atoms with Crippen molar-refractivity contribution in [2.45, 2.75) is 46.3 Å². The fraction of sp³-hybridized carbons (Fsp3) is 0.727. The van der Waals surface area contributed by atoms with Gasteiger partial charge in [0.2, 0.25) is 0 Å². The van der Waals surface area contributed by atoms with Gasteiger partial charge in [0, 0.05) is 18.3 Å². The van der Waals surface area contributed by atoms with E-state index < -0.39 is 6.10 Å². The lowest BCUT2D eigenvalue weighted by Gasteiger charge is -2.04. The van der Waals surface area contributed by atoms with E-state index in [0.29, 0.717) is 0 Å². The van der Waals surface area contributed by atoms with Gasteiger partial charge in [0.05, 0.1) is 12.3 Å². The predicted octanol–water partition coefficient (Wildman–Crippen LogP) is 2.37. The first-order chi connectivity index (χ1) is 6.59. The third-order valence-electron chi connectivity index (χ3n) is 2.30. The molecule has 1 atom stereocenters. The Morgan fingerprint density at radius 1 is 1.43 bits per heavy atom.